The van der Waals surface area contributed by atoms with Crippen LogP contribution in [0.15, 0.2) is 107 Å². The molecule has 11 atom stereocenters. The zero-order valence-electron chi connectivity index (χ0n) is 38.2. The fourth-order valence-electron chi connectivity index (χ4n) is 11.0. The highest BCUT2D eigenvalue weighted by Gasteiger charge is 2.79. The van der Waals surface area contributed by atoms with Gasteiger partial charge in [0.1, 0.15) is 30.0 Å². The molecule has 15 heteroatoms. The first-order valence-electron chi connectivity index (χ1n) is 22.1. The molecule has 14 nitrogen and oxygen atoms in total. The highest BCUT2D eigenvalue weighted by atomic mass is 28.4. The molecule has 2 aliphatic heterocycles. The van der Waals surface area contributed by atoms with E-state index in [9.17, 15) is 24.3 Å². The molecule has 0 spiro atoms. The topological polar surface area (TPSA) is 183 Å². The normalized spacial score (nSPS) is 33.6. The fraction of sp³-hybridized carbons (Fsp3) is 0.480. The maximum Gasteiger partial charge on any atom is 0.350 e. The van der Waals surface area contributed by atoms with Gasteiger partial charge in [-0.2, -0.15) is 0 Å². The molecule has 3 aromatic rings. The number of fused-ring (bicyclic) bond motifs is 5. The summed E-state index contributed by atoms with van der Waals surface area (Å²) < 4.78 is 44.9. The van der Waals surface area contributed by atoms with Crippen molar-refractivity contribution in [1.82, 2.24) is 0 Å². The van der Waals surface area contributed by atoms with E-state index in [0.29, 0.717) is 16.7 Å². The van der Waals surface area contributed by atoms with Crippen molar-refractivity contribution in [3.05, 3.63) is 119 Å². The first kappa shape index (κ1) is 46.1. The van der Waals surface area contributed by atoms with E-state index in [4.69, 9.17) is 37.8 Å². The predicted molar refractivity (Wildman–Crippen MR) is 238 cm³/mol. The molecule has 1 saturated heterocycles. The number of aliphatic hydroxyl groups is 1. The van der Waals surface area contributed by atoms with E-state index in [1.807, 2.05) is 80.3 Å². The van der Waals surface area contributed by atoms with Crippen LogP contribution in [0.1, 0.15) is 81.9 Å². The summed E-state index contributed by atoms with van der Waals surface area (Å²) in [6, 6.07) is 25.7. The third kappa shape index (κ3) is 7.83. The predicted octanol–water partition coefficient (Wildman–Crippen LogP) is 6.65. The summed E-state index contributed by atoms with van der Waals surface area (Å²) in [6.07, 6.45) is -8.01. The van der Waals surface area contributed by atoms with Crippen molar-refractivity contribution < 1.29 is 61.9 Å². The lowest BCUT2D eigenvalue weighted by Crippen LogP contribution is -2.82. The number of rotatable bonds is 10. The highest BCUT2D eigenvalue weighted by molar-refractivity contribution is 6.69. The van der Waals surface area contributed by atoms with Crippen LogP contribution < -0.4 is 0 Å². The summed E-state index contributed by atoms with van der Waals surface area (Å²) in [5.74, 6) is -4.88. The van der Waals surface area contributed by atoms with E-state index in [2.05, 4.69) is 0 Å². The van der Waals surface area contributed by atoms with E-state index < -0.39 is 109 Å². The minimum absolute atomic E-state index is 0.0968. The molecule has 0 radical (unpaired) electrons. The number of carbonyl (C=O) groups is 5. The van der Waals surface area contributed by atoms with Crippen molar-refractivity contribution >= 4 is 43.9 Å². The van der Waals surface area contributed by atoms with Gasteiger partial charge in [0.2, 0.25) is 12.0 Å². The molecule has 5 aliphatic rings. The lowest BCUT2D eigenvalue weighted by Gasteiger charge is -2.68. The molecule has 3 aromatic carbocycles. The molecule has 0 aromatic heterocycles. The maximum atomic E-state index is 16.1. The molecule has 2 unspecified atom stereocenters. The quantitative estimate of drug-likeness (QED) is 0.0989. The molecule has 65 heavy (non-hydrogen) atoms. The average Bonchev–Trinajstić information content (AvgIpc) is 3.71. The van der Waals surface area contributed by atoms with Gasteiger partial charge in [-0.25, -0.2) is 14.6 Å². The van der Waals surface area contributed by atoms with E-state index in [-0.39, 0.29) is 36.5 Å². The van der Waals surface area contributed by atoms with Crippen LogP contribution in [0.25, 0.3) is 0 Å². The van der Waals surface area contributed by atoms with Gasteiger partial charge in [0, 0.05) is 37.7 Å². The van der Waals surface area contributed by atoms with E-state index in [1.54, 1.807) is 58.0 Å². The lowest BCUT2D eigenvalue weighted by molar-refractivity contribution is -0.344. The van der Waals surface area contributed by atoms with Crippen LogP contribution in [0.2, 0.25) is 19.6 Å². The summed E-state index contributed by atoms with van der Waals surface area (Å²) in [7, 11) is -2.54. The molecule has 3 fully saturated rings. The minimum atomic E-state index is -2.54. The Morgan fingerprint density at radius 3 is 2.02 bits per heavy atom. The summed E-state index contributed by atoms with van der Waals surface area (Å²) in [6.45, 7) is 14.8. The number of ether oxygens (including phenoxy) is 6. The number of esters is 4. The van der Waals surface area contributed by atoms with Crippen molar-refractivity contribution in [1.29, 1.82) is 0 Å². The van der Waals surface area contributed by atoms with Gasteiger partial charge < -0.3 is 38.0 Å². The van der Waals surface area contributed by atoms with E-state index in [0.717, 1.165) is 0 Å². The third-order valence-electron chi connectivity index (χ3n) is 14.1. The van der Waals surface area contributed by atoms with Crippen LogP contribution in [-0.2, 0) is 52.0 Å². The Labute approximate surface area is 379 Å². The summed E-state index contributed by atoms with van der Waals surface area (Å²) in [5.41, 5.74) is -5.23. The van der Waals surface area contributed by atoms with Gasteiger partial charge >= 0.3 is 23.9 Å². The van der Waals surface area contributed by atoms with Crippen molar-refractivity contribution in [2.24, 2.45) is 21.7 Å². The Morgan fingerprint density at radius 2 is 1.45 bits per heavy atom. The van der Waals surface area contributed by atoms with Crippen LogP contribution in [0.4, 0.5) is 0 Å². The van der Waals surface area contributed by atoms with Crippen molar-refractivity contribution in [3.63, 3.8) is 0 Å². The van der Waals surface area contributed by atoms with Crippen LogP contribution >= 0.6 is 0 Å². The SMILES string of the molecule is CC(=O)O[C@H]1C(=O)[C@]2(C)[C@@H](O[Si](C)(C)C)C[C@H]3OC[C@@]3(OC(C)=O)[C@H]2[C@H](OC(=O)c2ccccc2)[C@]2(O)C[C@H](OC(=O)C3OC(c4ccccc4)=NC3c3ccccc3)C(C)=C1C2(C)C. The van der Waals surface area contributed by atoms with Gasteiger partial charge in [-0.1, -0.05) is 80.6 Å². The van der Waals surface area contributed by atoms with Crippen molar-refractivity contribution in [2.75, 3.05) is 6.61 Å². The number of benzene rings is 3. The maximum absolute atomic E-state index is 16.1. The van der Waals surface area contributed by atoms with Crippen LogP contribution in [0.3, 0.4) is 0 Å². The highest BCUT2D eigenvalue weighted by Crippen LogP contribution is 2.65. The number of aliphatic imine (C=N–C) groups is 1. The number of Topliss-reactive ketones (excluding diaryl/α,β-unsaturated/α-hetero) is 1. The summed E-state index contributed by atoms with van der Waals surface area (Å²) in [5, 5.41) is 14.0. The Morgan fingerprint density at radius 1 is 0.831 bits per heavy atom. The monoisotopic (exact) mass is 907 g/mol. The molecular weight excluding hydrogens is 851 g/mol. The number of nitrogens with zero attached hydrogens (tertiary/aromatic N) is 1. The Hall–Kier alpha value is -5.48. The minimum Gasteiger partial charge on any atom is -0.459 e. The Balaban J connectivity index is 1.32. The standard InChI is InChI=1S/C50H57NO13Si/c1-28-34(60-46(56)40-38(31-19-13-10-14-20-31)51-44(61-40)32-21-15-11-16-22-32)26-50(57)43(62-45(55)33-23-17-12-18-24-33)41-48(6,42(54)39(59-29(2)52)37(28)47(50,4)5)35(64-65(7,8)9)25-36-49(41,27-58-36)63-30(3)53/h10-24,34-36,38-41,43,57H,25-27H2,1-9H3/t34-,35-,36+,38?,39+,40?,41-,43-,48+,49-,50+/m0/s1. The van der Waals surface area contributed by atoms with Crippen molar-refractivity contribution in [3.8, 4) is 0 Å². The number of hydrogen-bond acceptors (Lipinski definition) is 14. The first-order valence-corrected chi connectivity index (χ1v) is 25.5. The molecule has 2 heterocycles. The van der Waals surface area contributed by atoms with Gasteiger partial charge in [-0.3, -0.25) is 14.4 Å². The van der Waals surface area contributed by atoms with Crippen LogP contribution in [-0.4, -0.2) is 103 Å². The zero-order chi connectivity index (χ0) is 46.9. The van der Waals surface area contributed by atoms with Crippen LogP contribution in [0, 0.1) is 16.7 Å². The Bertz CT molecular complexity index is 2430. The second-order valence-corrected chi connectivity index (χ2v) is 24.0. The van der Waals surface area contributed by atoms with Gasteiger partial charge in [0.05, 0.1) is 29.6 Å². The van der Waals surface area contributed by atoms with Crippen molar-refractivity contribution in [2.45, 2.75) is 128 Å². The van der Waals surface area contributed by atoms with E-state index in [1.165, 1.54) is 13.8 Å². The third-order valence-corrected chi connectivity index (χ3v) is 15.1. The number of carbonyl (C=O) groups excluding carboxylic acids is 5. The fourth-order valence-corrected chi connectivity index (χ4v) is 12.2. The summed E-state index contributed by atoms with van der Waals surface area (Å²) >= 11 is 0. The lowest BCUT2D eigenvalue weighted by atomic mass is 9.44. The van der Waals surface area contributed by atoms with Gasteiger partial charge in [0.25, 0.3) is 0 Å². The second kappa shape index (κ2) is 16.7. The van der Waals surface area contributed by atoms with Gasteiger partial charge in [0.15, 0.2) is 25.8 Å². The molecular formula is C50H57NO13Si. The molecule has 2 saturated carbocycles. The molecule has 344 valence electrons. The van der Waals surface area contributed by atoms with Gasteiger partial charge in [-0.15, -0.1) is 0 Å². The molecule has 2 bridgehead atoms. The zero-order valence-corrected chi connectivity index (χ0v) is 39.2. The molecule has 0 amide bonds. The first-order chi connectivity index (χ1) is 30.6. The largest absolute Gasteiger partial charge is 0.459 e. The molecule has 8 rings (SSSR count). The smallest absolute Gasteiger partial charge is 0.350 e. The molecule has 1 N–H and O–H groups in total. The van der Waals surface area contributed by atoms with E-state index >= 15 is 4.79 Å². The number of ketones is 1. The second-order valence-electron chi connectivity index (χ2n) is 19.6. The average molecular weight is 908 g/mol. The van der Waals surface area contributed by atoms with Crippen LogP contribution in [0.5, 0.6) is 0 Å². The van der Waals surface area contributed by atoms with Gasteiger partial charge in [-0.05, 0) is 74.5 Å². The Kier molecular flexibility index (Phi) is 11.9. The number of hydrogen-bond donors (Lipinski definition) is 1. The molecule has 3 aliphatic carbocycles. The summed E-state index contributed by atoms with van der Waals surface area (Å²) in [4.78, 5) is 76.9.